The number of benzene rings is 1. The van der Waals surface area contributed by atoms with Crippen molar-refractivity contribution < 1.29 is 5.11 Å². The fourth-order valence-electron chi connectivity index (χ4n) is 1.04. The Morgan fingerprint density at radius 1 is 1.20 bits per heavy atom. The van der Waals surface area contributed by atoms with Gasteiger partial charge in [0, 0.05) is 11.1 Å². The molecule has 0 heterocycles. The third kappa shape index (κ3) is 0.783. The van der Waals surface area contributed by atoms with E-state index in [-0.39, 0.29) is 0 Å². The molecule has 0 aromatic carbocycles. The van der Waals surface area contributed by atoms with Gasteiger partial charge in [0.2, 0.25) is 0 Å². The molecule has 2 aliphatic rings. The summed E-state index contributed by atoms with van der Waals surface area (Å²) in [5, 5.41) is 8.89. The average Bonchev–Trinajstić information content (AvgIpc) is 2.41. The maximum absolute atomic E-state index is 8.89. The lowest BCUT2D eigenvalue weighted by Crippen LogP contribution is -1.53. The van der Waals surface area contributed by atoms with Crippen molar-refractivity contribution in [2.45, 2.75) is 20.8 Å². The first kappa shape index (κ1) is 7.13. The van der Waals surface area contributed by atoms with Crippen molar-refractivity contribution in [3.63, 3.8) is 0 Å². The molecule has 1 nitrogen and oxygen atoms in total. The Morgan fingerprint density at radius 2 is 1.80 bits per heavy atom. The number of aromatic hydroxyl groups is 1. The first-order valence-electron chi connectivity index (χ1n) is 3.63. The van der Waals surface area contributed by atoms with Crippen LogP contribution in [0.1, 0.15) is 19.4 Å². The third-order valence-electron chi connectivity index (χ3n) is 1.59. The molecule has 0 spiro atoms. The number of rotatable bonds is 0. The molecule has 0 radical (unpaired) electrons. The first-order valence-corrected chi connectivity index (χ1v) is 3.63. The second-order valence-corrected chi connectivity index (χ2v) is 2.15. The monoisotopic (exact) mass is 136 g/mol. The zero-order chi connectivity index (χ0) is 7.72. The minimum Gasteiger partial charge on any atom is -0.507 e. The summed E-state index contributed by atoms with van der Waals surface area (Å²) >= 11 is 0. The lowest BCUT2D eigenvalue weighted by atomic mass is 10.3. The number of fused-ring (bicyclic) bond motifs is 1. The molecule has 0 fully saturated rings. The van der Waals surface area contributed by atoms with Gasteiger partial charge in [-0.25, -0.2) is 0 Å². The smallest absolute Gasteiger partial charge is 0.131 e. The highest BCUT2D eigenvalue weighted by Crippen LogP contribution is 2.52. The number of hydrogen-bond donors (Lipinski definition) is 1. The highest BCUT2D eigenvalue weighted by Gasteiger charge is 2.25. The van der Waals surface area contributed by atoms with Crippen LogP contribution < -0.4 is 0 Å². The van der Waals surface area contributed by atoms with Crippen LogP contribution in [0.3, 0.4) is 0 Å². The van der Waals surface area contributed by atoms with E-state index in [0.29, 0.717) is 5.75 Å². The minimum absolute atomic E-state index is 0.505. The summed E-state index contributed by atoms with van der Waals surface area (Å²) < 4.78 is 0. The fraction of sp³-hybridized carbons (Fsp3) is 0.333. The van der Waals surface area contributed by atoms with Crippen molar-refractivity contribution in [3.05, 3.63) is 17.7 Å². The van der Waals surface area contributed by atoms with E-state index in [2.05, 4.69) is 0 Å². The summed E-state index contributed by atoms with van der Waals surface area (Å²) in [7, 11) is 0. The molecule has 10 heavy (non-hydrogen) atoms. The van der Waals surface area contributed by atoms with Gasteiger partial charge in [0.25, 0.3) is 0 Å². The van der Waals surface area contributed by atoms with Gasteiger partial charge in [0.1, 0.15) is 5.75 Å². The maximum Gasteiger partial charge on any atom is 0.131 e. The Morgan fingerprint density at radius 3 is 2.00 bits per heavy atom. The lowest BCUT2D eigenvalue weighted by molar-refractivity contribution is 0.494. The zero-order valence-electron chi connectivity index (χ0n) is 6.60. The fourth-order valence-corrected chi connectivity index (χ4v) is 1.04. The van der Waals surface area contributed by atoms with Crippen LogP contribution in [0, 0.1) is 6.92 Å². The Kier molecular flexibility index (Phi) is 1.66. The van der Waals surface area contributed by atoms with Gasteiger partial charge in [0.15, 0.2) is 0 Å². The largest absolute Gasteiger partial charge is 0.507 e. The zero-order valence-corrected chi connectivity index (χ0v) is 6.60. The van der Waals surface area contributed by atoms with Gasteiger partial charge >= 0.3 is 0 Å². The summed E-state index contributed by atoms with van der Waals surface area (Å²) in [6.07, 6.45) is 0. The molecule has 0 aromatic rings. The van der Waals surface area contributed by atoms with Gasteiger partial charge in [-0.15, -0.1) is 0 Å². The molecule has 0 aromatic heterocycles. The molecule has 2 aliphatic carbocycles. The van der Waals surface area contributed by atoms with E-state index in [4.69, 9.17) is 5.11 Å². The highest BCUT2D eigenvalue weighted by atomic mass is 16.3. The molecule has 0 unspecified atom stereocenters. The van der Waals surface area contributed by atoms with Crippen molar-refractivity contribution in [2.24, 2.45) is 0 Å². The Balaban J connectivity index is 0.000000231. The van der Waals surface area contributed by atoms with Crippen molar-refractivity contribution in [1.82, 2.24) is 0 Å². The van der Waals surface area contributed by atoms with E-state index in [1.807, 2.05) is 32.9 Å². The van der Waals surface area contributed by atoms with Gasteiger partial charge in [0.05, 0.1) is 0 Å². The van der Waals surface area contributed by atoms with Crippen molar-refractivity contribution >= 4 is 0 Å². The SMILES string of the molecule is CC.Cc1ccc2c(O)c1-2. The summed E-state index contributed by atoms with van der Waals surface area (Å²) in [5.41, 5.74) is 3.31. The Hall–Kier alpha value is -0.980. The number of phenolic OH excluding ortho intramolecular Hbond substituents is 1. The molecule has 0 atom stereocenters. The van der Waals surface area contributed by atoms with Crippen molar-refractivity contribution in [2.75, 3.05) is 0 Å². The van der Waals surface area contributed by atoms with Crippen LogP contribution >= 0.6 is 0 Å². The lowest BCUT2D eigenvalue weighted by Gasteiger charge is -1.74. The molecule has 1 N–H and O–H groups in total. The van der Waals surface area contributed by atoms with Gasteiger partial charge in [-0.2, -0.15) is 0 Å². The predicted octanol–water partition coefficient (Wildman–Crippen LogP) is 2.71. The van der Waals surface area contributed by atoms with Crippen LogP contribution in [0.5, 0.6) is 5.75 Å². The van der Waals surface area contributed by atoms with Crippen LogP contribution in [0.2, 0.25) is 0 Å². The van der Waals surface area contributed by atoms with Gasteiger partial charge in [-0.3, -0.25) is 0 Å². The Labute approximate surface area is 61.3 Å². The van der Waals surface area contributed by atoms with E-state index < -0.39 is 0 Å². The van der Waals surface area contributed by atoms with Crippen LogP contribution in [0.25, 0.3) is 11.1 Å². The maximum atomic E-state index is 8.89. The second-order valence-electron chi connectivity index (χ2n) is 2.15. The molecular weight excluding hydrogens is 124 g/mol. The van der Waals surface area contributed by atoms with Crippen molar-refractivity contribution in [1.29, 1.82) is 0 Å². The standard InChI is InChI=1S/C7H6O.C2H6/c1-4-2-3-5-6(4)7(5)8;1-2/h2-3,8H,1H3;1-2H3. The van der Waals surface area contributed by atoms with Crippen LogP contribution in [0.4, 0.5) is 0 Å². The molecule has 1 heteroatoms. The molecule has 0 saturated heterocycles. The number of aryl methyl sites for hydroxylation is 1. The van der Waals surface area contributed by atoms with Gasteiger partial charge < -0.3 is 5.11 Å². The molecule has 54 valence electrons. The molecular formula is C9H12O. The number of phenols is 1. The topological polar surface area (TPSA) is 20.2 Å². The predicted molar refractivity (Wildman–Crippen MR) is 43.2 cm³/mol. The normalized spacial score (nSPS) is 9.90. The second kappa shape index (κ2) is 2.33. The number of hydrogen-bond acceptors (Lipinski definition) is 1. The highest BCUT2D eigenvalue weighted by molar-refractivity contribution is 5.96. The molecule has 0 aliphatic heterocycles. The first-order chi connectivity index (χ1) is 4.80. The third-order valence-corrected chi connectivity index (χ3v) is 1.59. The van der Waals surface area contributed by atoms with E-state index in [0.717, 1.165) is 11.1 Å². The quantitative estimate of drug-likeness (QED) is 0.590. The minimum atomic E-state index is 0.505. The van der Waals surface area contributed by atoms with E-state index in [1.165, 1.54) is 5.56 Å². The summed E-state index contributed by atoms with van der Waals surface area (Å²) in [5.74, 6) is 0.505. The molecule has 0 saturated carbocycles. The van der Waals surface area contributed by atoms with Crippen LogP contribution in [-0.2, 0) is 0 Å². The van der Waals surface area contributed by atoms with Crippen LogP contribution in [0.15, 0.2) is 12.1 Å². The van der Waals surface area contributed by atoms with E-state index in [1.54, 1.807) is 0 Å². The van der Waals surface area contributed by atoms with Gasteiger partial charge in [-0.1, -0.05) is 26.0 Å². The molecule has 0 bridgehead atoms. The summed E-state index contributed by atoms with van der Waals surface area (Å²) in [6, 6.07) is 3.96. The van der Waals surface area contributed by atoms with E-state index in [9.17, 15) is 0 Å². The van der Waals surface area contributed by atoms with E-state index >= 15 is 0 Å². The average molecular weight is 136 g/mol. The molecule has 0 amide bonds. The Bertz CT molecular complexity index is 251. The summed E-state index contributed by atoms with van der Waals surface area (Å²) in [4.78, 5) is 0. The van der Waals surface area contributed by atoms with Gasteiger partial charge in [-0.05, 0) is 12.5 Å². The summed E-state index contributed by atoms with van der Waals surface area (Å²) in [6.45, 7) is 6.00. The van der Waals surface area contributed by atoms with Crippen LogP contribution in [-0.4, -0.2) is 5.11 Å². The molecule has 2 rings (SSSR count). The van der Waals surface area contributed by atoms with Crippen molar-refractivity contribution in [3.8, 4) is 16.9 Å².